The summed E-state index contributed by atoms with van der Waals surface area (Å²) >= 11 is 1.52. The maximum absolute atomic E-state index is 12.7. The van der Waals surface area contributed by atoms with E-state index in [0.29, 0.717) is 11.3 Å². The zero-order chi connectivity index (χ0) is 16.4. The number of imide groups is 1. The summed E-state index contributed by atoms with van der Waals surface area (Å²) in [4.78, 5) is 24.8. The number of ether oxygens (including phenoxy) is 1. The lowest BCUT2D eigenvalue weighted by Gasteiger charge is -2.21. The summed E-state index contributed by atoms with van der Waals surface area (Å²) in [7, 11) is 1.57. The first-order chi connectivity index (χ1) is 11.0. The molecule has 1 fully saturated rings. The molecule has 1 N–H and O–H groups in total. The predicted octanol–water partition coefficient (Wildman–Crippen LogP) is 2.56. The Kier molecular flexibility index (Phi) is 3.87. The largest absolute Gasteiger partial charge is 0.497 e. The number of methoxy groups -OCH3 is 1. The van der Waals surface area contributed by atoms with E-state index in [2.05, 4.69) is 10.4 Å². The van der Waals surface area contributed by atoms with Gasteiger partial charge in [0.05, 0.1) is 13.3 Å². The number of benzene rings is 1. The zero-order valence-corrected chi connectivity index (χ0v) is 13.5. The van der Waals surface area contributed by atoms with Gasteiger partial charge in [0, 0.05) is 5.56 Å². The molecule has 0 radical (unpaired) electrons. The van der Waals surface area contributed by atoms with Gasteiger partial charge in [-0.2, -0.15) is 16.4 Å². The van der Waals surface area contributed by atoms with E-state index in [1.807, 2.05) is 16.8 Å². The molecule has 23 heavy (non-hydrogen) atoms. The number of amides is 3. The molecule has 1 aromatic heterocycles. The lowest BCUT2D eigenvalue weighted by atomic mass is 9.92. The highest BCUT2D eigenvalue weighted by molar-refractivity contribution is 7.08. The normalized spacial score (nSPS) is 21.0. The van der Waals surface area contributed by atoms with Crippen LogP contribution < -0.4 is 10.1 Å². The minimum absolute atomic E-state index is 0.417. The molecule has 3 amide bonds. The molecular weight excluding hydrogens is 314 g/mol. The molecule has 1 aromatic carbocycles. The van der Waals surface area contributed by atoms with Crippen LogP contribution in [0.1, 0.15) is 18.1 Å². The van der Waals surface area contributed by atoms with Crippen LogP contribution >= 0.6 is 11.3 Å². The van der Waals surface area contributed by atoms with E-state index in [1.165, 1.54) is 17.6 Å². The fourth-order valence-electron chi connectivity index (χ4n) is 2.32. The summed E-state index contributed by atoms with van der Waals surface area (Å²) in [5, 5.41) is 11.4. The predicted molar refractivity (Wildman–Crippen MR) is 87.6 cm³/mol. The number of nitrogens with zero attached hydrogens (tertiary/aromatic N) is 2. The van der Waals surface area contributed by atoms with Crippen molar-refractivity contribution >= 4 is 29.5 Å². The molecule has 1 aliphatic heterocycles. The second-order valence-electron chi connectivity index (χ2n) is 5.20. The van der Waals surface area contributed by atoms with E-state index < -0.39 is 17.5 Å². The number of thiophene rings is 1. The average Bonchev–Trinajstić information content (AvgIpc) is 3.14. The molecule has 0 unspecified atom stereocenters. The third-order valence-electron chi connectivity index (χ3n) is 3.70. The summed E-state index contributed by atoms with van der Waals surface area (Å²) in [5.74, 6) is 0.264. The summed E-state index contributed by atoms with van der Waals surface area (Å²) in [6.45, 7) is 1.66. The van der Waals surface area contributed by atoms with Gasteiger partial charge in [-0.1, -0.05) is 12.1 Å². The van der Waals surface area contributed by atoms with Crippen molar-refractivity contribution in [2.24, 2.45) is 5.10 Å². The standard InChI is InChI=1S/C16H15N3O3S/c1-16(12-3-5-13(22-2)6-4-12)14(20)19(15(21)18-16)17-9-11-7-8-23-10-11/h3-10H,1-2H3,(H,18,21)/b17-9-/t16-/m0/s1. The molecule has 0 aliphatic carbocycles. The number of hydrogen-bond donors (Lipinski definition) is 1. The molecule has 7 heteroatoms. The highest BCUT2D eigenvalue weighted by atomic mass is 32.1. The lowest BCUT2D eigenvalue weighted by molar-refractivity contribution is -0.131. The number of hydrazone groups is 1. The van der Waals surface area contributed by atoms with E-state index in [1.54, 1.807) is 38.3 Å². The van der Waals surface area contributed by atoms with Crippen molar-refractivity contribution < 1.29 is 14.3 Å². The Morgan fingerprint density at radius 2 is 2.00 bits per heavy atom. The van der Waals surface area contributed by atoms with Gasteiger partial charge in [-0.25, -0.2) is 4.79 Å². The first-order valence-corrected chi connectivity index (χ1v) is 7.86. The van der Waals surface area contributed by atoms with Crippen molar-refractivity contribution in [3.63, 3.8) is 0 Å². The number of carbonyl (C=O) groups excluding carboxylic acids is 2. The maximum Gasteiger partial charge on any atom is 0.346 e. The summed E-state index contributed by atoms with van der Waals surface area (Å²) in [6, 6.07) is 8.32. The van der Waals surface area contributed by atoms with E-state index in [-0.39, 0.29) is 0 Å². The van der Waals surface area contributed by atoms with Crippen LogP contribution in [-0.4, -0.2) is 30.3 Å². The second-order valence-corrected chi connectivity index (χ2v) is 5.98. The van der Waals surface area contributed by atoms with Gasteiger partial charge in [-0.15, -0.1) is 5.01 Å². The fourth-order valence-corrected chi connectivity index (χ4v) is 2.93. The minimum atomic E-state index is -1.14. The van der Waals surface area contributed by atoms with E-state index in [9.17, 15) is 9.59 Å². The minimum Gasteiger partial charge on any atom is -0.497 e. The van der Waals surface area contributed by atoms with Crippen LogP contribution in [-0.2, 0) is 10.3 Å². The van der Waals surface area contributed by atoms with Gasteiger partial charge in [0.15, 0.2) is 0 Å². The Hall–Kier alpha value is -2.67. The number of rotatable bonds is 4. The summed E-state index contributed by atoms with van der Waals surface area (Å²) in [6.07, 6.45) is 1.49. The zero-order valence-electron chi connectivity index (χ0n) is 12.6. The molecular formula is C16H15N3O3S. The fraction of sp³-hybridized carbons (Fsp3) is 0.188. The van der Waals surface area contributed by atoms with Crippen LogP contribution in [0.5, 0.6) is 5.75 Å². The van der Waals surface area contributed by atoms with Crippen molar-refractivity contribution in [1.82, 2.24) is 10.3 Å². The molecule has 1 atom stereocenters. The van der Waals surface area contributed by atoms with E-state index >= 15 is 0 Å². The van der Waals surface area contributed by atoms with E-state index in [0.717, 1.165) is 10.6 Å². The third-order valence-corrected chi connectivity index (χ3v) is 4.40. The van der Waals surface area contributed by atoms with Crippen molar-refractivity contribution in [3.05, 3.63) is 52.2 Å². The van der Waals surface area contributed by atoms with Crippen LogP contribution in [0.4, 0.5) is 4.79 Å². The monoisotopic (exact) mass is 329 g/mol. The molecule has 6 nitrogen and oxygen atoms in total. The third kappa shape index (κ3) is 2.70. The van der Waals surface area contributed by atoms with Crippen LogP contribution in [0.25, 0.3) is 0 Å². The van der Waals surface area contributed by atoms with Gasteiger partial charge in [0.2, 0.25) is 0 Å². The number of carbonyl (C=O) groups is 2. The van der Waals surface area contributed by atoms with Crippen LogP contribution in [0.15, 0.2) is 46.2 Å². The highest BCUT2D eigenvalue weighted by Gasteiger charge is 2.49. The maximum atomic E-state index is 12.7. The van der Waals surface area contributed by atoms with Crippen molar-refractivity contribution in [3.8, 4) is 5.75 Å². The molecule has 0 spiro atoms. The van der Waals surface area contributed by atoms with Crippen molar-refractivity contribution in [2.45, 2.75) is 12.5 Å². The molecule has 0 bridgehead atoms. The van der Waals surface area contributed by atoms with Crippen LogP contribution in [0, 0.1) is 0 Å². The first kappa shape index (κ1) is 15.2. The summed E-state index contributed by atoms with van der Waals surface area (Å²) < 4.78 is 5.11. The molecule has 1 saturated heterocycles. The highest BCUT2D eigenvalue weighted by Crippen LogP contribution is 2.30. The molecule has 2 heterocycles. The molecule has 0 saturated carbocycles. The Morgan fingerprint density at radius 3 is 2.61 bits per heavy atom. The van der Waals surface area contributed by atoms with Crippen LogP contribution in [0.2, 0.25) is 0 Å². The van der Waals surface area contributed by atoms with Crippen molar-refractivity contribution in [1.29, 1.82) is 0 Å². The Labute approximate surface area is 137 Å². The van der Waals surface area contributed by atoms with Gasteiger partial charge in [-0.3, -0.25) is 4.79 Å². The van der Waals surface area contributed by atoms with Gasteiger partial charge >= 0.3 is 6.03 Å². The van der Waals surface area contributed by atoms with E-state index in [4.69, 9.17) is 4.74 Å². The lowest BCUT2D eigenvalue weighted by Crippen LogP contribution is -2.40. The SMILES string of the molecule is COc1ccc([C@]2(C)NC(=O)N(/N=C\c3ccsc3)C2=O)cc1. The van der Waals surface area contributed by atoms with Gasteiger partial charge in [-0.05, 0) is 41.4 Å². The molecule has 2 aromatic rings. The average molecular weight is 329 g/mol. The topological polar surface area (TPSA) is 71.0 Å². The second kappa shape index (κ2) is 5.85. The summed E-state index contributed by atoms with van der Waals surface area (Å²) in [5.41, 5.74) is 0.369. The number of urea groups is 1. The number of hydrogen-bond acceptors (Lipinski definition) is 5. The van der Waals surface area contributed by atoms with Gasteiger partial charge in [0.1, 0.15) is 11.3 Å². The Balaban J connectivity index is 1.86. The van der Waals surface area contributed by atoms with Crippen molar-refractivity contribution in [2.75, 3.05) is 7.11 Å². The molecule has 118 valence electrons. The number of nitrogens with one attached hydrogen (secondary N) is 1. The first-order valence-electron chi connectivity index (χ1n) is 6.92. The van der Waals surface area contributed by atoms with Gasteiger partial charge in [0.25, 0.3) is 5.91 Å². The molecule has 3 rings (SSSR count). The quantitative estimate of drug-likeness (QED) is 0.692. The smallest absolute Gasteiger partial charge is 0.346 e. The Morgan fingerprint density at radius 1 is 1.26 bits per heavy atom. The molecule has 1 aliphatic rings. The van der Waals surface area contributed by atoms with Gasteiger partial charge < -0.3 is 10.1 Å². The van der Waals surface area contributed by atoms with Crippen LogP contribution in [0.3, 0.4) is 0 Å². The Bertz CT molecular complexity index is 755.